The first-order valence-corrected chi connectivity index (χ1v) is 17.4. The Morgan fingerprint density at radius 3 is 2.44 bits per heavy atom. The molecule has 3 aliphatic carbocycles. The summed E-state index contributed by atoms with van der Waals surface area (Å²) in [4.78, 5) is 4.56. The molecule has 7 rings (SSSR count). The third kappa shape index (κ3) is 6.15. The van der Waals surface area contributed by atoms with Gasteiger partial charge in [0.15, 0.2) is 0 Å². The minimum atomic E-state index is 0.268. The summed E-state index contributed by atoms with van der Waals surface area (Å²) in [5.41, 5.74) is 13.5. The van der Waals surface area contributed by atoms with Gasteiger partial charge in [-0.1, -0.05) is 117 Å². The van der Waals surface area contributed by atoms with Gasteiger partial charge in [-0.25, -0.2) is 0 Å². The average molecular weight is 590 g/mol. The Balaban J connectivity index is 1.10. The van der Waals surface area contributed by atoms with E-state index in [4.69, 9.17) is 0 Å². The van der Waals surface area contributed by atoms with Gasteiger partial charge < -0.3 is 0 Å². The SMILES string of the molecule is CCC(C)(/C=C\CCC1=NCC=C1)C1CC=C(C2=C3CCC=CC3=C(c3ccc(-c4cccc5ccccc45)cc3)CC2)CC1. The molecule has 0 radical (unpaired) electrons. The highest BCUT2D eigenvalue weighted by Crippen LogP contribution is 2.48. The Kier molecular flexibility index (Phi) is 8.70. The minimum Gasteiger partial charge on any atom is -0.286 e. The van der Waals surface area contributed by atoms with E-state index < -0.39 is 0 Å². The van der Waals surface area contributed by atoms with Gasteiger partial charge in [0.25, 0.3) is 0 Å². The second-order valence-electron chi connectivity index (χ2n) is 13.6. The van der Waals surface area contributed by atoms with E-state index in [1.54, 1.807) is 16.7 Å². The summed E-state index contributed by atoms with van der Waals surface area (Å²) >= 11 is 0. The fourth-order valence-corrected chi connectivity index (χ4v) is 8.19. The van der Waals surface area contributed by atoms with Crippen molar-refractivity contribution >= 4 is 22.1 Å². The standard InChI is InChI=1S/C44H47N/c1-3-44(2,30-9-8-14-37-15-11-31-45-37)36-26-24-35(25-27-36)41-29-28-40(42-17-6-7-18-43(41)42)34-22-20-33(21-23-34)39-19-10-13-32-12-4-5-16-38(32)39/h4-6,9-13,15-17,19-24,30,36H,3,7-8,14,18,25-29,31H2,1-2H3/b30-9-. The summed E-state index contributed by atoms with van der Waals surface area (Å²) in [6, 6.07) is 24.7. The van der Waals surface area contributed by atoms with Crippen LogP contribution in [0.15, 0.2) is 137 Å². The van der Waals surface area contributed by atoms with Crippen LogP contribution in [-0.2, 0) is 0 Å². The minimum absolute atomic E-state index is 0.268. The lowest BCUT2D eigenvalue weighted by Crippen LogP contribution is -2.26. The number of hydrogen-bond acceptors (Lipinski definition) is 1. The molecule has 45 heavy (non-hydrogen) atoms. The molecule has 3 aromatic rings. The van der Waals surface area contributed by atoms with E-state index in [1.165, 1.54) is 82.8 Å². The molecule has 0 saturated heterocycles. The lowest BCUT2D eigenvalue weighted by atomic mass is 9.67. The highest BCUT2D eigenvalue weighted by molar-refractivity contribution is 5.97. The maximum atomic E-state index is 4.56. The van der Waals surface area contributed by atoms with Gasteiger partial charge in [0, 0.05) is 5.71 Å². The summed E-state index contributed by atoms with van der Waals surface area (Å²) in [7, 11) is 0. The molecule has 1 heterocycles. The van der Waals surface area contributed by atoms with Gasteiger partial charge >= 0.3 is 0 Å². The van der Waals surface area contributed by atoms with Gasteiger partial charge in [-0.15, -0.1) is 0 Å². The number of allylic oxidation sites excluding steroid dienone is 11. The fourth-order valence-electron chi connectivity index (χ4n) is 8.19. The molecular weight excluding hydrogens is 542 g/mol. The van der Waals surface area contributed by atoms with Crippen molar-refractivity contribution in [1.82, 2.24) is 0 Å². The van der Waals surface area contributed by atoms with Gasteiger partial charge in [0.05, 0.1) is 6.54 Å². The van der Waals surface area contributed by atoms with Gasteiger partial charge in [0.2, 0.25) is 0 Å². The summed E-state index contributed by atoms with van der Waals surface area (Å²) in [5, 5.41) is 2.62. The number of rotatable bonds is 9. The van der Waals surface area contributed by atoms with Gasteiger partial charge in [-0.05, 0) is 137 Å². The smallest absolute Gasteiger partial charge is 0.0577 e. The zero-order valence-corrected chi connectivity index (χ0v) is 27.2. The Bertz CT molecular complexity index is 1780. The van der Waals surface area contributed by atoms with Gasteiger partial charge in [-0.2, -0.15) is 0 Å². The van der Waals surface area contributed by atoms with E-state index in [1.807, 2.05) is 0 Å². The molecule has 0 N–H and O–H groups in total. The molecule has 0 bridgehead atoms. The van der Waals surface area contributed by atoms with Crippen LogP contribution in [0.1, 0.15) is 83.6 Å². The van der Waals surface area contributed by atoms with Crippen molar-refractivity contribution < 1.29 is 0 Å². The fraction of sp³-hybridized carbons (Fsp3) is 0.341. The molecule has 0 aromatic heterocycles. The zero-order valence-electron chi connectivity index (χ0n) is 27.2. The van der Waals surface area contributed by atoms with Crippen molar-refractivity contribution in [2.24, 2.45) is 16.3 Å². The third-order valence-corrected chi connectivity index (χ3v) is 11.1. The quantitative estimate of drug-likeness (QED) is 0.220. The van der Waals surface area contributed by atoms with Crippen molar-refractivity contribution in [3.05, 3.63) is 137 Å². The number of nitrogens with zero attached hydrogens (tertiary/aromatic N) is 1. The van der Waals surface area contributed by atoms with Crippen LogP contribution in [0.3, 0.4) is 0 Å². The number of benzene rings is 3. The van der Waals surface area contributed by atoms with Crippen molar-refractivity contribution in [1.29, 1.82) is 0 Å². The Labute approximate surface area is 270 Å². The molecule has 2 unspecified atom stereocenters. The van der Waals surface area contributed by atoms with Gasteiger partial charge in [-0.3, -0.25) is 4.99 Å². The molecule has 4 aliphatic rings. The first kappa shape index (κ1) is 29.7. The zero-order chi connectivity index (χ0) is 30.6. The summed E-state index contributed by atoms with van der Waals surface area (Å²) in [5.74, 6) is 0.720. The monoisotopic (exact) mass is 589 g/mol. The second-order valence-corrected chi connectivity index (χ2v) is 13.6. The first-order chi connectivity index (χ1) is 22.1. The maximum absolute atomic E-state index is 4.56. The molecule has 0 saturated carbocycles. The lowest BCUT2D eigenvalue weighted by molar-refractivity contribution is 0.225. The number of hydrogen-bond donors (Lipinski definition) is 0. The molecule has 228 valence electrons. The predicted octanol–water partition coefficient (Wildman–Crippen LogP) is 12.2. The lowest BCUT2D eigenvalue weighted by Gasteiger charge is -2.38. The first-order valence-electron chi connectivity index (χ1n) is 17.4. The van der Waals surface area contributed by atoms with Crippen molar-refractivity contribution in [3.63, 3.8) is 0 Å². The molecule has 0 fully saturated rings. The Morgan fingerprint density at radius 1 is 0.822 bits per heavy atom. The number of fused-ring (bicyclic) bond motifs is 2. The Hall–Kier alpha value is -3.97. The molecular formula is C44H47N. The Morgan fingerprint density at radius 2 is 1.64 bits per heavy atom. The largest absolute Gasteiger partial charge is 0.286 e. The van der Waals surface area contributed by atoms with Crippen LogP contribution in [0.2, 0.25) is 0 Å². The molecule has 1 nitrogen and oxygen atoms in total. The van der Waals surface area contributed by atoms with Crippen LogP contribution in [0, 0.1) is 11.3 Å². The van der Waals surface area contributed by atoms with Crippen LogP contribution < -0.4 is 0 Å². The highest BCUT2D eigenvalue weighted by Gasteiger charge is 2.33. The number of aliphatic imine (C=N–C) groups is 1. The van der Waals surface area contributed by atoms with E-state index >= 15 is 0 Å². The van der Waals surface area contributed by atoms with Crippen LogP contribution in [-0.4, -0.2) is 12.3 Å². The topological polar surface area (TPSA) is 12.4 Å². The molecule has 0 spiro atoms. The van der Waals surface area contributed by atoms with Crippen molar-refractivity contribution in [2.75, 3.05) is 6.54 Å². The molecule has 1 heteroatoms. The summed E-state index contributed by atoms with van der Waals surface area (Å²) < 4.78 is 0. The second kappa shape index (κ2) is 13.2. The third-order valence-electron chi connectivity index (χ3n) is 11.1. The van der Waals surface area contributed by atoms with Crippen molar-refractivity contribution in [3.8, 4) is 11.1 Å². The van der Waals surface area contributed by atoms with Crippen LogP contribution in [0.5, 0.6) is 0 Å². The summed E-state index contributed by atoms with van der Waals surface area (Å²) in [6.07, 6.45) is 28.5. The molecule has 2 atom stereocenters. The van der Waals surface area contributed by atoms with Crippen LogP contribution >= 0.6 is 0 Å². The van der Waals surface area contributed by atoms with E-state index in [2.05, 4.69) is 128 Å². The van der Waals surface area contributed by atoms with Crippen molar-refractivity contribution in [2.45, 2.75) is 78.1 Å². The van der Waals surface area contributed by atoms with E-state index in [-0.39, 0.29) is 5.41 Å². The maximum Gasteiger partial charge on any atom is 0.0577 e. The molecule has 3 aromatic carbocycles. The highest BCUT2D eigenvalue weighted by atomic mass is 14.7. The van der Waals surface area contributed by atoms with Gasteiger partial charge in [0.1, 0.15) is 0 Å². The van der Waals surface area contributed by atoms with E-state index in [0.29, 0.717) is 0 Å². The van der Waals surface area contributed by atoms with Crippen LogP contribution in [0.4, 0.5) is 0 Å². The predicted molar refractivity (Wildman–Crippen MR) is 195 cm³/mol. The van der Waals surface area contributed by atoms with Crippen LogP contribution in [0.25, 0.3) is 27.5 Å². The van der Waals surface area contributed by atoms with E-state index in [0.717, 1.165) is 38.1 Å². The normalized spacial score (nSPS) is 21.3. The van der Waals surface area contributed by atoms with E-state index in [9.17, 15) is 0 Å². The summed E-state index contributed by atoms with van der Waals surface area (Å²) in [6.45, 7) is 5.74. The average Bonchev–Trinajstić information content (AvgIpc) is 3.63. The molecule has 1 aliphatic heterocycles. The molecule has 0 amide bonds.